The van der Waals surface area contributed by atoms with E-state index in [0.717, 1.165) is 12.8 Å². The molecule has 7 heteroatoms. The highest BCUT2D eigenvalue weighted by molar-refractivity contribution is 8.00. The predicted molar refractivity (Wildman–Crippen MR) is 59.8 cm³/mol. The summed E-state index contributed by atoms with van der Waals surface area (Å²) in [7, 11) is 0. The van der Waals surface area contributed by atoms with Gasteiger partial charge in [0.1, 0.15) is 0 Å². The highest BCUT2D eigenvalue weighted by atomic mass is 32.2. The number of thioether (sulfide) groups is 1. The Balaban J connectivity index is 2.21. The van der Waals surface area contributed by atoms with Gasteiger partial charge in [0.2, 0.25) is 5.91 Å². The maximum absolute atomic E-state index is 11.9. The Morgan fingerprint density at radius 1 is 1.35 bits per heavy atom. The molecule has 1 heterocycles. The van der Waals surface area contributed by atoms with Crippen molar-refractivity contribution in [3.63, 3.8) is 0 Å². The zero-order chi connectivity index (χ0) is 12.9. The minimum Gasteiger partial charge on any atom is -0.396 e. The summed E-state index contributed by atoms with van der Waals surface area (Å²) in [5.41, 5.74) is 0. The number of carbonyl (C=O) groups is 1. The van der Waals surface area contributed by atoms with Crippen LogP contribution in [0.1, 0.15) is 12.8 Å². The fourth-order valence-electron chi connectivity index (χ4n) is 1.71. The van der Waals surface area contributed by atoms with Crippen molar-refractivity contribution in [2.24, 2.45) is 5.92 Å². The molecule has 100 valence electrons. The van der Waals surface area contributed by atoms with E-state index in [0.29, 0.717) is 24.9 Å². The van der Waals surface area contributed by atoms with Gasteiger partial charge in [-0.15, -0.1) is 11.8 Å². The molecule has 0 spiro atoms. The number of carbonyl (C=O) groups excluding carboxylic acids is 1. The number of halogens is 3. The second-order valence-electron chi connectivity index (χ2n) is 4.11. The van der Waals surface area contributed by atoms with Gasteiger partial charge in [-0.25, -0.2) is 0 Å². The average Bonchev–Trinajstić information content (AvgIpc) is 2.27. The molecule has 0 unspecified atom stereocenters. The van der Waals surface area contributed by atoms with Crippen molar-refractivity contribution in [2.45, 2.75) is 19.0 Å². The highest BCUT2D eigenvalue weighted by Gasteiger charge is 2.28. The van der Waals surface area contributed by atoms with Crippen LogP contribution in [0.25, 0.3) is 0 Å². The Morgan fingerprint density at radius 2 is 1.94 bits per heavy atom. The second kappa shape index (κ2) is 6.49. The van der Waals surface area contributed by atoms with Crippen molar-refractivity contribution in [1.29, 1.82) is 0 Å². The molecule has 0 atom stereocenters. The predicted octanol–water partition coefficient (Wildman–Crippen LogP) is 1.51. The number of hydrogen-bond acceptors (Lipinski definition) is 3. The number of likely N-dealkylation sites (tertiary alicyclic amines) is 1. The van der Waals surface area contributed by atoms with Crippen LogP contribution >= 0.6 is 11.8 Å². The zero-order valence-corrected chi connectivity index (χ0v) is 10.2. The summed E-state index contributed by atoms with van der Waals surface area (Å²) in [5.74, 6) is -1.12. The number of hydrogen-bond donors (Lipinski definition) is 1. The third-order valence-corrected chi connectivity index (χ3v) is 3.70. The van der Waals surface area contributed by atoms with E-state index in [1.807, 2.05) is 0 Å². The zero-order valence-electron chi connectivity index (χ0n) is 9.37. The second-order valence-corrected chi connectivity index (χ2v) is 5.10. The molecule has 1 rings (SSSR count). The molecule has 1 fully saturated rings. The lowest BCUT2D eigenvalue weighted by molar-refractivity contribution is -0.129. The first-order valence-corrected chi connectivity index (χ1v) is 6.61. The van der Waals surface area contributed by atoms with Crippen LogP contribution in [0, 0.1) is 5.92 Å². The van der Waals surface area contributed by atoms with Crippen molar-refractivity contribution >= 4 is 17.7 Å². The van der Waals surface area contributed by atoms with Crippen LogP contribution in [0.4, 0.5) is 13.2 Å². The largest absolute Gasteiger partial charge is 0.397 e. The van der Waals surface area contributed by atoms with E-state index in [1.54, 1.807) is 4.90 Å². The van der Waals surface area contributed by atoms with Crippen molar-refractivity contribution in [3.05, 3.63) is 0 Å². The molecule has 0 aromatic carbocycles. The molecule has 3 nitrogen and oxygen atoms in total. The Hall–Kier alpha value is -0.430. The highest BCUT2D eigenvalue weighted by Crippen LogP contribution is 2.22. The van der Waals surface area contributed by atoms with Crippen LogP contribution < -0.4 is 0 Å². The van der Waals surface area contributed by atoms with Crippen LogP contribution in [0.15, 0.2) is 0 Å². The maximum Gasteiger partial charge on any atom is 0.397 e. The quantitative estimate of drug-likeness (QED) is 0.842. The van der Waals surface area contributed by atoms with Gasteiger partial charge in [0.05, 0.1) is 11.5 Å². The fourth-order valence-corrected chi connectivity index (χ4v) is 2.40. The van der Waals surface area contributed by atoms with Crippen LogP contribution in [-0.2, 0) is 4.79 Å². The average molecular weight is 271 g/mol. The molecule has 1 N–H and O–H groups in total. The molecular formula is C10H16F3NO2S. The van der Waals surface area contributed by atoms with Gasteiger partial charge in [0, 0.05) is 19.7 Å². The topological polar surface area (TPSA) is 40.5 Å². The first-order chi connectivity index (χ1) is 7.92. The van der Waals surface area contributed by atoms with E-state index in [1.165, 1.54) is 0 Å². The van der Waals surface area contributed by atoms with E-state index < -0.39 is 11.9 Å². The standard InChI is InChI=1S/C10H16F3NO2S/c11-10(12,13)7-17-6-9(16)14-3-1-8(5-15)2-4-14/h8,15H,1-7H2. The van der Waals surface area contributed by atoms with Gasteiger partial charge in [0.15, 0.2) is 0 Å². The van der Waals surface area contributed by atoms with Crippen LogP contribution in [0.5, 0.6) is 0 Å². The smallest absolute Gasteiger partial charge is 0.396 e. The summed E-state index contributed by atoms with van der Waals surface area (Å²) in [6.45, 7) is 1.19. The van der Waals surface area contributed by atoms with Crippen LogP contribution in [0.2, 0.25) is 0 Å². The molecule has 1 aliphatic heterocycles. The molecule has 0 saturated carbocycles. The molecular weight excluding hydrogens is 255 g/mol. The summed E-state index contributed by atoms with van der Waals surface area (Å²) < 4.78 is 35.6. The Kier molecular flexibility index (Phi) is 5.58. The number of amides is 1. The van der Waals surface area contributed by atoms with Crippen molar-refractivity contribution in [1.82, 2.24) is 4.90 Å². The van der Waals surface area contributed by atoms with Gasteiger partial charge in [-0.05, 0) is 18.8 Å². The normalized spacial score (nSPS) is 18.5. The van der Waals surface area contributed by atoms with E-state index in [4.69, 9.17) is 5.11 Å². The van der Waals surface area contributed by atoms with Crippen molar-refractivity contribution in [3.8, 4) is 0 Å². The number of aliphatic hydroxyl groups is 1. The summed E-state index contributed by atoms with van der Waals surface area (Å²) in [6, 6.07) is 0. The van der Waals surface area contributed by atoms with E-state index in [-0.39, 0.29) is 24.2 Å². The maximum atomic E-state index is 11.9. The molecule has 0 radical (unpaired) electrons. The van der Waals surface area contributed by atoms with Crippen molar-refractivity contribution in [2.75, 3.05) is 31.2 Å². The molecule has 1 aliphatic rings. The van der Waals surface area contributed by atoms with Crippen LogP contribution in [-0.4, -0.2) is 53.3 Å². The van der Waals surface area contributed by atoms with Gasteiger partial charge < -0.3 is 10.0 Å². The Morgan fingerprint density at radius 3 is 2.41 bits per heavy atom. The lowest BCUT2D eigenvalue weighted by Crippen LogP contribution is -2.40. The summed E-state index contributed by atoms with van der Waals surface area (Å²) in [6.07, 6.45) is -2.76. The van der Waals surface area contributed by atoms with E-state index in [2.05, 4.69) is 0 Å². The van der Waals surface area contributed by atoms with Gasteiger partial charge >= 0.3 is 6.18 Å². The number of aliphatic hydroxyl groups excluding tert-OH is 1. The lowest BCUT2D eigenvalue weighted by atomic mass is 9.98. The van der Waals surface area contributed by atoms with Gasteiger partial charge in [-0.1, -0.05) is 0 Å². The number of alkyl halides is 3. The molecule has 1 saturated heterocycles. The Labute approximate surface area is 102 Å². The van der Waals surface area contributed by atoms with Gasteiger partial charge in [0.25, 0.3) is 0 Å². The minimum absolute atomic E-state index is 0.116. The summed E-state index contributed by atoms with van der Waals surface area (Å²) in [5, 5.41) is 8.91. The third kappa shape index (κ3) is 5.63. The molecule has 0 aliphatic carbocycles. The summed E-state index contributed by atoms with van der Waals surface area (Å²) >= 11 is 0.603. The first-order valence-electron chi connectivity index (χ1n) is 5.45. The first kappa shape index (κ1) is 14.6. The fraction of sp³-hybridized carbons (Fsp3) is 0.900. The number of nitrogens with zero attached hydrogens (tertiary/aromatic N) is 1. The van der Waals surface area contributed by atoms with E-state index >= 15 is 0 Å². The lowest BCUT2D eigenvalue weighted by Gasteiger charge is -2.31. The van der Waals surface area contributed by atoms with Gasteiger partial charge in [-0.3, -0.25) is 4.79 Å². The molecule has 0 bridgehead atoms. The number of rotatable bonds is 4. The number of piperidine rings is 1. The molecule has 0 aromatic heterocycles. The van der Waals surface area contributed by atoms with E-state index in [9.17, 15) is 18.0 Å². The van der Waals surface area contributed by atoms with Gasteiger partial charge in [-0.2, -0.15) is 13.2 Å². The molecule has 17 heavy (non-hydrogen) atoms. The molecule has 1 amide bonds. The molecule has 0 aromatic rings. The SMILES string of the molecule is O=C(CSCC(F)(F)F)N1CCC(CO)CC1. The monoisotopic (exact) mass is 271 g/mol. The minimum atomic E-state index is -4.21. The van der Waals surface area contributed by atoms with Crippen LogP contribution in [0.3, 0.4) is 0 Å². The van der Waals surface area contributed by atoms with Crippen molar-refractivity contribution < 1.29 is 23.1 Å². The Bertz CT molecular complexity index is 252. The summed E-state index contributed by atoms with van der Waals surface area (Å²) in [4.78, 5) is 13.1. The third-order valence-electron chi connectivity index (χ3n) is 2.72.